The molecule has 0 aliphatic heterocycles. The van der Waals surface area contributed by atoms with E-state index in [9.17, 15) is 0 Å². The van der Waals surface area contributed by atoms with Crippen LogP contribution in [0.4, 0.5) is 5.69 Å². The molecule has 0 aliphatic rings. The van der Waals surface area contributed by atoms with Gasteiger partial charge in [0.2, 0.25) is 0 Å². The summed E-state index contributed by atoms with van der Waals surface area (Å²) >= 11 is 1.73. The normalized spacial score (nSPS) is 11.4. The molecule has 4 aromatic rings. The van der Waals surface area contributed by atoms with Gasteiger partial charge in [-0.3, -0.25) is 4.98 Å². The number of rotatable bonds is 3. The van der Waals surface area contributed by atoms with E-state index < -0.39 is 0 Å². The van der Waals surface area contributed by atoms with Crippen molar-refractivity contribution < 1.29 is 0 Å². The first-order chi connectivity index (χ1) is 10.7. The predicted molar refractivity (Wildman–Crippen MR) is 92.4 cm³/mol. The molecule has 0 unspecified atom stereocenters. The number of benzene rings is 1. The number of aromatic nitrogens is 3. The van der Waals surface area contributed by atoms with Crippen molar-refractivity contribution in [2.45, 2.75) is 6.54 Å². The summed E-state index contributed by atoms with van der Waals surface area (Å²) in [4.78, 5) is 11.4. The fourth-order valence-electron chi connectivity index (χ4n) is 2.79. The molecule has 3 heterocycles. The molecule has 0 N–H and O–H groups in total. The summed E-state index contributed by atoms with van der Waals surface area (Å²) in [6.07, 6.45) is 1.87. The minimum absolute atomic E-state index is 0.766. The molecule has 0 saturated heterocycles. The average Bonchev–Trinajstić information content (AvgIpc) is 3.13. The van der Waals surface area contributed by atoms with Crippen LogP contribution >= 0.6 is 11.3 Å². The van der Waals surface area contributed by atoms with Crippen molar-refractivity contribution in [3.05, 3.63) is 53.8 Å². The van der Waals surface area contributed by atoms with E-state index >= 15 is 0 Å². The van der Waals surface area contributed by atoms with Gasteiger partial charge in [0.1, 0.15) is 5.82 Å². The van der Waals surface area contributed by atoms with Crippen molar-refractivity contribution in [2.24, 2.45) is 7.05 Å². The van der Waals surface area contributed by atoms with Crippen LogP contribution in [0.3, 0.4) is 0 Å². The minimum Gasteiger partial charge on any atom is -0.366 e. The zero-order valence-electron chi connectivity index (χ0n) is 12.5. The van der Waals surface area contributed by atoms with Gasteiger partial charge in [-0.15, -0.1) is 11.3 Å². The first kappa shape index (κ1) is 13.3. The van der Waals surface area contributed by atoms with Crippen molar-refractivity contribution in [3.8, 4) is 0 Å². The minimum atomic E-state index is 0.766. The fraction of sp³-hybridized carbons (Fsp3) is 0.176. The molecule has 4 rings (SSSR count). The number of para-hydroxylation sites is 2. The SMILES string of the molecule is CN(Cc1nc2ccccc2n1C)c1ccnc2ccsc12. The van der Waals surface area contributed by atoms with Gasteiger partial charge in [-0.05, 0) is 29.6 Å². The summed E-state index contributed by atoms with van der Waals surface area (Å²) in [6.45, 7) is 0.766. The van der Waals surface area contributed by atoms with Gasteiger partial charge in [-0.1, -0.05) is 12.1 Å². The molecule has 0 radical (unpaired) electrons. The van der Waals surface area contributed by atoms with Crippen LogP contribution in [-0.4, -0.2) is 21.6 Å². The maximum Gasteiger partial charge on any atom is 0.129 e. The van der Waals surface area contributed by atoms with Crippen LogP contribution in [-0.2, 0) is 13.6 Å². The van der Waals surface area contributed by atoms with Gasteiger partial charge in [-0.25, -0.2) is 4.98 Å². The maximum absolute atomic E-state index is 4.75. The largest absolute Gasteiger partial charge is 0.366 e. The number of pyridine rings is 1. The monoisotopic (exact) mass is 308 g/mol. The maximum atomic E-state index is 4.75. The quantitative estimate of drug-likeness (QED) is 0.577. The predicted octanol–water partition coefficient (Wildman–Crippen LogP) is 3.82. The van der Waals surface area contributed by atoms with E-state index in [1.54, 1.807) is 11.3 Å². The molecule has 4 nitrogen and oxygen atoms in total. The summed E-state index contributed by atoms with van der Waals surface area (Å²) in [6, 6.07) is 12.4. The Bertz CT molecular complexity index is 954. The van der Waals surface area contributed by atoms with Crippen LogP contribution < -0.4 is 4.90 Å². The molecule has 0 atom stereocenters. The number of hydrogen-bond acceptors (Lipinski definition) is 4. The van der Waals surface area contributed by atoms with E-state index in [1.165, 1.54) is 15.9 Å². The van der Waals surface area contributed by atoms with Gasteiger partial charge in [0, 0.05) is 20.3 Å². The van der Waals surface area contributed by atoms with Crippen molar-refractivity contribution >= 4 is 38.3 Å². The van der Waals surface area contributed by atoms with Crippen LogP contribution in [0.25, 0.3) is 21.3 Å². The summed E-state index contributed by atoms with van der Waals surface area (Å²) in [7, 11) is 4.18. The first-order valence-electron chi connectivity index (χ1n) is 7.18. The van der Waals surface area contributed by atoms with E-state index in [-0.39, 0.29) is 0 Å². The number of fused-ring (bicyclic) bond motifs is 2. The lowest BCUT2D eigenvalue weighted by molar-refractivity contribution is 0.777. The summed E-state index contributed by atoms with van der Waals surface area (Å²) in [5.74, 6) is 1.06. The van der Waals surface area contributed by atoms with Crippen molar-refractivity contribution in [2.75, 3.05) is 11.9 Å². The number of hydrogen-bond donors (Lipinski definition) is 0. The molecule has 0 bridgehead atoms. The smallest absolute Gasteiger partial charge is 0.129 e. The van der Waals surface area contributed by atoms with Crippen molar-refractivity contribution in [1.29, 1.82) is 0 Å². The molecular weight excluding hydrogens is 292 g/mol. The number of anilines is 1. The van der Waals surface area contributed by atoms with Gasteiger partial charge >= 0.3 is 0 Å². The number of thiophene rings is 1. The summed E-state index contributed by atoms with van der Waals surface area (Å²) in [5.41, 5.74) is 4.47. The third-order valence-corrected chi connectivity index (χ3v) is 4.92. The Kier molecular flexibility index (Phi) is 3.08. The Balaban J connectivity index is 1.73. The molecule has 0 spiro atoms. The lowest BCUT2D eigenvalue weighted by Gasteiger charge is -2.19. The van der Waals surface area contributed by atoms with E-state index in [4.69, 9.17) is 4.98 Å². The molecular formula is C17H16N4S. The molecule has 0 fully saturated rings. The van der Waals surface area contributed by atoms with Gasteiger partial charge in [0.05, 0.1) is 33.5 Å². The Morgan fingerprint density at radius 1 is 1.14 bits per heavy atom. The van der Waals surface area contributed by atoms with Crippen LogP contribution in [0, 0.1) is 0 Å². The summed E-state index contributed by atoms with van der Waals surface area (Å²) in [5, 5.41) is 2.09. The second kappa shape index (κ2) is 5.10. The van der Waals surface area contributed by atoms with Crippen LogP contribution in [0.15, 0.2) is 48.0 Å². The van der Waals surface area contributed by atoms with Crippen LogP contribution in [0.1, 0.15) is 5.82 Å². The van der Waals surface area contributed by atoms with E-state index in [0.717, 1.165) is 23.4 Å². The Morgan fingerprint density at radius 3 is 2.86 bits per heavy atom. The number of aryl methyl sites for hydroxylation is 1. The molecule has 3 aromatic heterocycles. The zero-order chi connectivity index (χ0) is 15.1. The van der Waals surface area contributed by atoms with Crippen molar-refractivity contribution in [3.63, 3.8) is 0 Å². The lowest BCUT2D eigenvalue weighted by Crippen LogP contribution is -2.19. The van der Waals surface area contributed by atoms with E-state index in [1.807, 2.05) is 12.3 Å². The molecule has 5 heteroatoms. The second-order valence-electron chi connectivity index (χ2n) is 5.40. The second-order valence-corrected chi connectivity index (χ2v) is 6.31. The molecule has 0 amide bonds. The average molecular weight is 308 g/mol. The third-order valence-electron chi connectivity index (χ3n) is 3.99. The Labute approximate surface area is 132 Å². The van der Waals surface area contributed by atoms with Gasteiger partial charge in [0.15, 0.2) is 0 Å². The van der Waals surface area contributed by atoms with E-state index in [0.29, 0.717) is 0 Å². The van der Waals surface area contributed by atoms with Gasteiger partial charge < -0.3 is 9.47 Å². The number of imidazole rings is 1. The molecule has 110 valence electrons. The van der Waals surface area contributed by atoms with Crippen LogP contribution in [0.2, 0.25) is 0 Å². The standard InChI is InChI=1S/C17H16N4S/c1-20(15-7-9-18-13-8-10-22-17(13)15)11-16-19-12-5-3-4-6-14(12)21(16)2/h3-10H,11H2,1-2H3. The fourth-order valence-corrected chi connectivity index (χ4v) is 3.71. The highest BCUT2D eigenvalue weighted by Crippen LogP contribution is 2.30. The number of nitrogens with zero attached hydrogens (tertiary/aromatic N) is 4. The molecule has 0 saturated carbocycles. The summed E-state index contributed by atoms with van der Waals surface area (Å²) < 4.78 is 3.39. The topological polar surface area (TPSA) is 34.0 Å². The first-order valence-corrected chi connectivity index (χ1v) is 8.05. The molecule has 1 aromatic carbocycles. The Morgan fingerprint density at radius 2 is 2.00 bits per heavy atom. The molecule has 0 aliphatic carbocycles. The highest BCUT2D eigenvalue weighted by molar-refractivity contribution is 7.17. The zero-order valence-corrected chi connectivity index (χ0v) is 13.3. The van der Waals surface area contributed by atoms with Crippen LogP contribution in [0.5, 0.6) is 0 Å². The van der Waals surface area contributed by atoms with Gasteiger partial charge in [-0.2, -0.15) is 0 Å². The lowest BCUT2D eigenvalue weighted by atomic mass is 10.3. The highest BCUT2D eigenvalue weighted by Gasteiger charge is 2.12. The Hall–Kier alpha value is -2.40. The third kappa shape index (κ3) is 2.05. The van der Waals surface area contributed by atoms with Crippen molar-refractivity contribution in [1.82, 2.24) is 14.5 Å². The molecule has 22 heavy (non-hydrogen) atoms. The highest BCUT2D eigenvalue weighted by atomic mass is 32.1. The van der Waals surface area contributed by atoms with Gasteiger partial charge in [0.25, 0.3) is 0 Å². The van der Waals surface area contributed by atoms with E-state index in [2.05, 4.69) is 64.3 Å².